The maximum Gasteiger partial charge on any atom is 0.128 e. The van der Waals surface area contributed by atoms with E-state index in [1.54, 1.807) is 11.3 Å². The van der Waals surface area contributed by atoms with Crippen LogP contribution >= 0.6 is 11.3 Å². The fourth-order valence-corrected chi connectivity index (χ4v) is 5.08. The van der Waals surface area contributed by atoms with Gasteiger partial charge in [0.05, 0.1) is 0 Å². The first-order valence-electron chi connectivity index (χ1n) is 10.2. The van der Waals surface area contributed by atoms with Crippen molar-refractivity contribution in [3.8, 4) is 0 Å². The van der Waals surface area contributed by atoms with Gasteiger partial charge in [0.15, 0.2) is 0 Å². The van der Waals surface area contributed by atoms with Crippen LogP contribution in [0.25, 0.3) is 0 Å². The van der Waals surface area contributed by atoms with Crippen molar-refractivity contribution in [1.29, 1.82) is 0 Å². The molecule has 4 nitrogen and oxygen atoms in total. The van der Waals surface area contributed by atoms with Crippen molar-refractivity contribution < 1.29 is 0 Å². The molecule has 0 bridgehead atoms. The molecule has 1 N–H and O–H groups in total. The van der Waals surface area contributed by atoms with Crippen LogP contribution in [0, 0.1) is 5.41 Å². The molecule has 0 aromatic carbocycles. The molecule has 0 amide bonds. The molecular formula is C22H32N4S. The number of thiophene rings is 1. The summed E-state index contributed by atoms with van der Waals surface area (Å²) in [5.74, 6) is 1.05. The first kappa shape index (κ1) is 18.9. The predicted octanol–water partition coefficient (Wildman–Crippen LogP) is 4.13. The molecular weight excluding hydrogens is 352 g/mol. The molecule has 1 spiro atoms. The Hall–Kier alpha value is -1.43. The summed E-state index contributed by atoms with van der Waals surface area (Å²) in [6.45, 7) is 8.81. The smallest absolute Gasteiger partial charge is 0.128 e. The molecule has 2 aliphatic rings. The molecule has 3 heterocycles. The van der Waals surface area contributed by atoms with Gasteiger partial charge < -0.3 is 10.2 Å². The lowest BCUT2D eigenvalue weighted by Gasteiger charge is -2.29. The van der Waals surface area contributed by atoms with Crippen molar-refractivity contribution >= 4 is 17.2 Å². The van der Waals surface area contributed by atoms with Crippen LogP contribution in [0.3, 0.4) is 0 Å². The van der Waals surface area contributed by atoms with E-state index in [1.807, 2.05) is 0 Å². The minimum absolute atomic E-state index is 0.463. The largest absolute Gasteiger partial charge is 0.357 e. The third-order valence-electron chi connectivity index (χ3n) is 6.48. The highest BCUT2D eigenvalue weighted by Crippen LogP contribution is 2.56. The van der Waals surface area contributed by atoms with E-state index in [-0.39, 0.29) is 0 Å². The van der Waals surface area contributed by atoms with Gasteiger partial charge in [0, 0.05) is 38.4 Å². The second-order valence-electron chi connectivity index (χ2n) is 8.60. The van der Waals surface area contributed by atoms with Crippen LogP contribution < -0.4 is 10.2 Å². The lowest BCUT2D eigenvalue weighted by molar-refractivity contribution is 0.188. The highest BCUT2D eigenvalue weighted by Gasteiger charge is 2.56. The molecule has 27 heavy (non-hydrogen) atoms. The van der Waals surface area contributed by atoms with Crippen LogP contribution in [0.5, 0.6) is 0 Å². The Balaban J connectivity index is 1.48. The molecule has 1 saturated carbocycles. The van der Waals surface area contributed by atoms with Crippen molar-refractivity contribution in [2.24, 2.45) is 5.41 Å². The molecule has 2 fully saturated rings. The molecule has 5 heteroatoms. The number of nitrogens with one attached hydrogen (secondary N) is 1. The number of piperidine rings is 1. The van der Waals surface area contributed by atoms with Gasteiger partial charge in [-0.05, 0) is 85.6 Å². The summed E-state index contributed by atoms with van der Waals surface area (Å²) < 4.78 is 0. The molecule has 1 atom stereocenters. The van der Waals surface area contributed by atoms with E-state index < -0.39 is 0 Å². The Kier molecular flexibility index (Phi) is 5.53. The van der Waals surface area contributed by atoms with Crippen molar-refractivity contribution in [3.63, 3.8) is 0 Å². The maximum absolute atomic E-state index is 4.73. The number of hydrogen-bond acceptors (Lipinski definition) is 5. The Morgan fingerprint density at radius 2 is 1.96 bits per heavy atom. The van der Waals surface area contributed by atoms with Crippen LogP contribution in [0.1, 0.15) is 44.2 Å². The summed E-state index contributed by atoms with van der Waals surface area (Å²) in [6, 6.07) is 7.89. The third-order valence-corrected chi connectivity index (χ3v) is 7.22. The number of pyridine rings is 1. The summed E-state index contributed by atoms with van der Waals surface area (Å²) in [4.78, 5) is 9.65. The molecule has 2 aromatic heterocycles. The molecule has 1 unspecified atom stereocenters. The van der Waals surface area contributed by atoms with E-state index in [9.17, 15) is 0 Å². The monoisotopic (exact) mass is 384 g/mol. The lowest BCUT2D eigenvalue weighted by atomic mass is 9.93. The quantitative estimate of drug-likeness (QED) is 0.778. The van der Waals surface area contributed by atoms with Gasteiger partial charge >= 0.3 is 0 Å². The fraction of sp³-hybridized carbons (Fsp3) is 0.591. The van der Waals surface area contributed by atoms with Gasteiger partial charge in [-0.2, -0.15) is 11.3 Å². The number of nitrogens with zero attached hydrogens (tertiary/aromatic N) is 3. The molecule has 146 valence electrons. The van der Waals surface area contributed by atoms with Crippen LogP contribution in [-0.4, -0.2) is 42.1 Å². The van der Waals surface area contributed by atoms with E-state index in [1.165, 1.54) is 43.5 Å². The minimum atomic E-state index is 0.463. The zero-order valence-electron chi connectivity index (χ0n) is 16.8. The number of anilines is 1. The Morgan fingerprint density at radius 1 is 1.19 bits per heavy atom. The summed E-state index contributed by atoms with van der Waals surface area (Å²) >= 11 is 1.80. The van der Waals surface area contributed by atoms with E-state index in [0.29, 0.717) is 11.5 Å². The predicted molar refractivity (Wildman–Crippen MR) is 114 cm³/mol. The Morgan fingerprint density at radius 3 is 2.59 bits per heavy atom. The number of rotatable bonds is 7. The third kappa shape index (κ3) is 4.20. The minimum Gasteiger partial charge on any atom is -0.357 e. The highest BCUT2D eigenvalue weighted by molar-refractivity contribution is 7.07. The highest BCUT2D eigenvalue weighted by atomic mass is 32.1. The Labute approximate surface area is 167 Å². The normalized spacial score (nSPS) is 21.1. The summed E-state index contributed by atoms with van der Waals surface area (Å²) in [6.07, 6.45) is 6.09. The van der Waals surface area contributed by atoms with Crippen molar-refractivity contribution in [3.05, 3.63) is 46.3 Å². The van der Waals surface area contributed by atoms with Gasteiger partial charge in [-0.3, -0.25) is 4.90 Å². The first-order valence-corrected chi connectivity index (χ1v) is 11.2. The number of hydrogen-bond donors (Lipinski definition) is 1. The van der Waals surface area contributed by atoms with Crippen LogP contribution in [0.15, 0.2) is 35.2 Å². The van der Waals surface area contributed by atoms with Crippen LogP contribution in [0.4, 0.5) is 5.82 Å². The van der Waals surface area contributed by atoms with Crippen molar-refractivity contribution in [2.75, 3.05) is 25.0 Å². The SMILES string of the molecule is CC(C)N(C)c1ccc(CN(Cc2ccsc2)C2CC23CCNCC3)cn1. The van der Waals surface area contributed by atoms with Gasteiger partial charge in [-0.15, -0.1) is 0 Å². The molecule has 1 saturated heterocycles. The molecule has 2 aromatic rings. The summed E-state index contributed by atoms with van der Waals surface area (Å²) in [5.41, 5.74) is 3.33. The van der Waals surface area contributed by atoms with E-state index in [4.69, 9.17) is 4.98 Å². The standard InChI is InChI=1S/C22H32N4S/c1-17(2)25(3)21-5-4-18(13-24-21)14-26(15-19-6-11-27-16-19)20-12-22(20)7-9-23-10-8-22/h4-6,11,13,16-17,20,23H,7-10,12,14-15H2,1-3H3. The first-order chi connectivity index (χ1) is 13.1. The fourth-order valence-electron chi connectivity index (χ4n) is 4.42. The van der Waals surface area contributed by atoms with Gasteiger partial charge in [-0.1, -0.05) is 6.07 Å². The zero-order valence-corrected chi connectivity index (χ0v) is 17.6. The lowest BCUT2D eigenvalue weighted by Crippen LogP contribution is -2.35. The number of aromatic nitrogens is 1. The van der Waals surface area contributed by atoms with Crippen molar-refractivity contribution in [1.82, 2.24) is 15.2 Å². The Bertz CT molecular complexity index is 719. The second-order valence-corrected chi connectivity index (χ2v) is 9.38. The van der Waals surface area contributed by atoms with Gasteiger partial charge in [0.25, 0.3) is 0 Å². The maximum atomic E-state index is 4.73. The second kappa shape index (κ2) is 7.90. The average molecular weight is 385 g/mol. The molecule has 4 rings (SSSR count). The van der Waals surface area contributed by atoms with Gasteiger partial charge in [-0.25, -0.2) is 4.98 Å². The topological polar surface area (TPSA) is 31.4 Å². The summed E-state index contributed by atoms with van der Waals surface area (Å²) in [5, 5.41) is 8.02. The molecule has 1 aliphatic heterocycles. The molecule has 0 radical (unpaired) electrons. The zero-order chi connectivity index (χ0) is 18.9. The van der Waals surface area contributed by atoms with Crippen LogP contribution in [-0.2, 0) is 13.1 Å². The van der Waals surface area contributed by atoms with Crippen molar-refractivity contribution in [2.45, 2.75) is 58.3 Å². The average Bonchev–Trinajstić information content (AvgIpc) is 3.11. The van der Waals surface area contributed by atoms with E-state index in [2.05, 4.69) is 71.2 Å². The summed E-state index contributed by atoms with van der Waals surface area (Å²) in [7, 11) is 2.11. The van der Waals surface area contributed by atoms with Gasteiger partial charge in [0.2, 0.25) is 0 Å². The van der Waals surface area contributed by atoms with Gasteiger partial charge in [0.1, 0.15) is 5.82 Å². The van der Waals surface area contributed by atoms with E-state index in [0.717, 1.165) is 24.9 Å². The van der Waals surface area contributed by atoms with E-state index >= 15 is 0 Å². The van der Waals surface area contributed by atoms with Crippen LogP contribution in [0.2, 0.25) is 0 Å². The molecule has 1 aliphatic carbocycles.